The maximum atomic E-state index is 6.04. The van der Waals surface area contributed by atoms with Crippen molar-refractivity contribution in [2.75, 3.05) is 33.8 Å². The van der Waals surface area contributed by atoms with Gasteiger partial charge in [-0.25, -0.2) is 0 Å². The summed E-state index contributed by atoms with van der Waals surface area (Å²) in [7, 11) is 4.18. The second-order valence-corrected chi connectivity index (χ2v) is 6.49. The monoisotopic (exact) mass is 252 g/mol. The molecule has 18 heavy (non-hydrogen) atoms. The van der Waals surface area contributed by atoms with Crippen molar-refractivity contribution in [1.29, 1.82) is 0 Å². The third kappa shape index (κ3) is 2.21. The van der Waals surface area contributed by atoms with E-state index in [9.17, 15) is 0 Å². The highest BCUT2D eigenvalue weighted by Gasteiger charge is 2.52. The van der Waals surface area contributed by atoms with Crippen molar-refractivity contribution in [1.82, 2.24) is 9.80 Å². The van der Waals surface area contributed by atoms with E-state index < -0.39 is 0 Å². The number of hydrogen-bond acceptors (Lipinski definition) is 3. The minimum Gasteiger partial charge on any atom is -0.363 e. The Morgan fingerprint density at radius 1 is 1.00 bits per heavy atom. The lowest BCUT2D eigenvalue weighted by Gasteiger charge is -2.50. The smallest absolute Gasteiger partial charge is 0.125 e. The summed E-state index contributed by atoms with van der Waals surface area (Å²) in [6.07, 6.45) is 9.52. The summed E-state index contributed by atoms with van der Waals surface area (Å²) in [5.74, 6) is 0.792. The molecule has 0 spiro atoms. The summed E-state index contributed by atoms with van der Waals surface area (Å²) in [5, 5.41) is 0. The van der Waals surface area contributed by atoms with Crippen LogP contribution in [0.25, 0.3) is 0 Å². The Hall–Kier alpha value is -0.120. The molecule has 3 aliphatic rings. The zero-order valence-electron chi connectivity index (χ0n) is 12.0. The molecule has 2 aliphatic heterocycles. The Kier molecular flexibility index (Phi) is 3.65. The maximum absolute atomic E-state index is 6.04. The van der Waals surface area contributed by atoms with Crippen LogP contribution in [-0.4, -0.2) is 55.4 Å². The van der Waals surface area contributed by atoms with Crippen LogP contribution in [0.2, 0.25) is 0 Å². The number of methoxy groups -OCH3 is 1. The average molecular weight is 252 g/mol. The van der Waals surface area contributed by atoms with Gasteiger partial charge in [0.1, 0.15) is 5.72 Å². The molecule has 0 aromatic heterocycles. The van der Waals surface area contributed by atoms with Crippen LogP contribution in [0.15, 0.2) is 0 Å². The molecular weight excluding hydrogens is 224 g/mol. The molecule has 3 nitrogen and oxygen atoms in total. The molecule has 0 aromatic rings. The van der Waals surface area contributed by atoms with Crippen LogP contribution < -0.4 is 0 Å². The Bertz CT molecular complexity index is 286. The van der Waals surface area contributed by atoms with Crippen molar-refractivity contribution in [3.05, 3.63) is 0 Å². The average Bonchev–Trinajstić information content (AvgIpc) is 3.25. The maximum Gasteiger partial charge on any atom is 0.125 e. The van der Waals surface area contributed by atoms with Crippen LogP contribution in [0.5, 0.6) is 0 Å². The molecule has 104 valence electrons. The van der Waals surface area contributed by atoms with E-state index in [0.29, 0.717) is 0 Å². The van der Waals surface area contributed by atoms with E-state index in [2.05, 4.69) is 16.8 Å². The Labute approximate surface area is 111 Å². The van der Waals surface area contributed by atoms with E-state index >= 15 is 0 Å². The predicted molar refractivity (Wildman–Crippen MR) is 73.5 cm³/mol. The van der Waals surface area contributed by atoms with Crippen LogP contribution in [0, 0.1) is 5.92 Å². The quantitative estimate of drug-likeness (QED) is 0.766. The number of nitrogens with zero attached hydrogens (tertiary/aromatic N) is 2. The van der Waals surface area contributed by atoms with E-state index in [1.165, 1.54) is 64.6 Å². The highest BCUT2D eigenvalue weighted by atomic mass is 16.5. The van der Waals surface area contributed by atoms with E-state index in [4.69, 9.17) is 4.74 Å². The summed E-state index contributed by atoms with van der Waals surface area (Å²) in [6, 6.07) is 0.766. The van der Waals surface area contributed by atoms with Crippen LogP contribution in [0.1, 0.15) is 44.9 Å². The molecule has 3 rings (SSSR count). The van der Waals surface area contributed by atoms with Crippen LogP contribution in [0.4, 0.5) is 0 Å². The fourth-order valence-corrected chi connectivity index (χ4v) is 4.14. The zero-order chi connectivity index (χ0) is 12.6. The number of hydrogen-bond donors (Lipinski definition) is 0. The van der Waals surface area contributed by atoms with E-state index in [-0.39, 0.29) is 5.72 Å². The molecular formula is C15H28N2O. The third-order valence-electron chi connectivity index (χ3n) is 5.45. The topological polar surface area (TPSA) is 15.7 Å². The number of piperidine rings is 2. The first kappa shape index (κ1) is 12.9. The molecule has 2 saturated heterocycles. The molecule has 2 heterocycles. The fraction of sp³-hybridized carbons (Fsp3) is 1.00. The molecule has 2 unspecified atom stereocenters. The van der Waals surface area contributed by atoms with Gasteiger partial charge in [-0.05, 0) is 52.2 Å². The van der Waals surface area contributed by atoms with Gasteiger partial charge in [-0.3, -0.25) is 4.90 Å². The van der Waals surface area contributed by atoms with Gasteiger partial charge >= 0.3 is 0 Å². The van der Waals surface area contributed by atoms with E-state index in [1.807, 2.05) is 7.11 Å². The van der Waals surface area contributed by atoms with E-state index in [1.54, 1.807) is 0 Å². The molecule has 1 aliphatic carbocycles. The molecule has 3 fully saturated rings. The van der Waals surface area contributed by atoms with Crippen molar-refractivity contribution in [2.24, 2.45) is 5.92 Å². The Morgan fingerprint density at radius 3 is 2.33 bits per heavy atom. The van der Waals surface area contributed by atoms with Crippen molar-refractivity contribution >= 4 is 0 Å². The lowest BCUT2D eigenvalue weighted by molar-refractivity contribution is -0.177. The van der Waals surface area contributed by atoms with Gasteiger partial charge < -0.3 is 9.64 Å². The molecule has 0 N–H and O–H groups in total. The van der Waals surface area contributed by atoms with Gasteiger partial charge in [-0.2, -0.15) is 0 Å². The lowest BCUT2D eigenvalue weighted by atomic mass is 9.88. The van der Waals surface area contributed by atoms with Crippen molar-refractivity contribution in [3.8, 4) is 0 Å². The standard InChI is InChI=1S/C15H28N2O/c1-16-11-8-14(17-9-4-3-5-10-17)12-15(16,18-2)13-6-7-13/h13-14H,3-12H2,1-2H3. The van der Waals surface area contributed by atoms with E-state index in [0.717, 1.165) is 12.0 Å². The Balaban J connectivity index is 1.70. The summed E-state index contributed by atoms with van der Waals surface area (Å²) in [5.41, 5.74) is 0.0559. The summed E-state index contributed by atoms with van der Waals surface area (Å²) in [4.78, 5) is 5.23. The van der Waals surface area contributed by atoms with Gasteiger partial charge in [-0.15, -0.1) is 0 Å². The third-order valence-corrected chi connectivity index (χ3v) is 5.45. The first-order valence-electron chi connectivity index (χ1n) is 7.77. The molecule has 0 amide bonds. The van der Waals surface area contributed by atoms with Gasteiger partial charge in [0.05, 0.1) is 0 Å². The van der Waals surface area contributed by atoms with Crippen LogP contribution in [0.3, 0.4) is 0 Å². The van der Waals surface area contributed by atoms with Crippen LogP contribution in [-0.2, 0) is 4.74 Å². The first-order valence-corrected chi connectivity index (χ1v) is 7.77. The van der Waals surface area contributed by atoms with Gasteiger partial charge in [0, 0.05) is 32.0 Å². The van der Waals surface area contributed by atoms with Gasteiger partial charge in [-0.1, -0.05) is 6.42 Å². The second kappa shape index (κ2) is 5.10. The number of rotatable bonds is 3. The Morgan fingerprint density at radius 2 is 1.72 bits per heavy atom. The number of ether oxygens (including phenoxy) is 1. The van der Waals surface area contributed by atoms with Gasteiger partial charge in [0.2, 0.25) is 0 Å². The minimum absolute atomic E-state index is 0.0559. The normalized spacial score (nSPS) is 40.0. The number of likely N-dealkylation sites (tertiary alicyclic amines) is 2. The minimum atomic E-state index is 0.0559. The first-order chi connectivity index (χ1) is 8.76. The fourth-order valence-electron chi connectivity index (χ4n) is 4.14. The predicted octanol–water partition coefficient (Wildman–Crippen LogP) is 2.32. The molecule has 2 atom stereocenters. The van der Waals surface area contributed by atoms with Crippen molar-refractivity contribution < 1.29 is 4.74 Å². The molecule has 3 heteroatoms. The highest BCUT2D eigenvalue weighted by Crippen LogP contribution is 2.48. The SMILES string of the molecule is COC1(C2CC2)CC(N2CCCCC2)CCN1C. The van der Waals surface area contributed by atoms with Gasteiger partial charge in [0.15, 0.2) is 0 Å². The summed E-state index contributed by atoms with van der Waals surface area (Å²) >= 11 is 0. The van der Waals surface area contributed by atoms with Crippen LogP contribution >= 0.6 is 0 Å². The lowest BCUT2D eigenvalue weighted by Crippen LogP contribution is -2.59. The zero-order valence-corrected chi connectivity index (χ0v) is 12.0. The summed E-state index contributed by atoms with van der Waals surface area (Å²) < 4.78 is 6.04. The molecule has 1 saturated carbocycles. The van der Waals surface area contributed by atoms with Crippen molar-refractivity contribution in [2.45, 2.75) is 56.7 Å². The molecule has 0 aromatic carbocycles. The second-order valence-electron chi connectivity index (χ2n) is 6.49. The largest absolute Gasteiger partial charge is 0.363 e. The highest BCUT2D eigenvalue weighted by molar-refractivity contribution is 5.01. The molecule has 0 bridgehead atoms. The molecule has 0 radical (unpaired) electrons. The van der Waals surface area contributed by atoms with Gasteiger partial charge in [0.25, 0.3) is 0 Å². The summed E-state index contributed by atoms with van der Waals surface area (Å²) in [6.45, 7) is 3.84. The van der Waals surface area contributed by atoms with Crippen molar-refractivity contribution in [3.63, 3.8) is 0 Å².